The summed E-state index contributed by atoms with van der Waals surface area (Å²) in [4.78, 5) is 47.6. The minimum Gasteiger partial charge on any atom is -0.462 e. The highest BCUT2D eigenvalue weighted by atomic mass is 16.6. The quantitative estimate of drug-likeness (QED) is 0.634. The molecule has 0 aromatic heterocycles. The molecule has 1 aromatic rings. The number of anilines is 1. The smallest absolute Gasteiger partial charge is 0.310 e. The van der Waals surface area contributed by atoms with Crippen molar-refractivity contribution < 1.29 is 28.7 Å². The highest BCUT2D eigenvalue weighted by molar-refractivity contribution is 5.96. The Bertz CT molecular complexity index is 784. The van der Waals surface area contributed by atoms with Gasteiger partial charge in [0.2, 0.25) is 0 Å². The number of esters is 2. The van der Waals surface area contributed by atoms with E-state index in [9.17, 15) is 19.2 Å². The molecule has 136 valence electrons. The minimum atomic E-state index is -0.498. The Balaban J connectivity index is 1.31. The third-order valence-electron chi connectivity index (χ3n) is 5.68. The fourth-order valence-corrected chi connectivity index (χ4v) is 4.54. The lowest BCUT2D eigenvalue weighted by atomic mass is 9.80. The van der Waals surface area contributed by atoms with Crippen molar-refractivity contribution in [2.75, 3.05) is 11.9 Å². The van der Waals surface area contributed by atoms with Crippen LogP contribution in [0.15, 0.2) is 24.3 Å². The molecule has 26 heavy (non-hydrogen) atoms. The fourth-order valence-electron chi connectivity index (χ4n) is 4.54. The molecule has 5 atom stereocenters. The number of Topliss-reactive ketones (excluding diaryl/α,β-unsaturated/α-hetero) is 1. The van der Waals surface area contributed by atoms with Crippen molar-refractivity contribution >= 4 is 29.3 Å². The van der Waals surface area contributed by atoms with Gasteiger partial charge in [0.05, 0.1) is 11.8 Å². The number of carbonyl (C=O) groups excluding carboxylic acids is 4. The summed E-state index contributed by atoms with van der Waals surface area (Å²) in [7, 11) is 0. The molecule has 1 aliphatic heterocycles. The van der Waals surface area contributed by atoms with E-state index in [4.69, 9.17) is 9.47 Å². The maximum atomic E-state index is 12.4. The van der Waals surface area contributed by atoms with Crippen LogP contribution in [0.1, 0.15) is 30.1 Å². The summed E-state index contributed by atoms with van der Waals surface area (Å²) in [6.45, 7) is 1.05. The third kappa shape index (κ3) is 2.77. The van der Waals surface area contributed by atoms with Gasteiger partial charge < -0.3 is 14.8 Å². The molecule has 0 radical (unpaired) electrons. The average molecular weight is 357 g/mol. The van der Waals surface area contributed by atoms with Gasteiger partial charge in [-0.2, -0.15) is 0 Å². The van der Waals surface area contributed by atoms with E-state index in [2.05, 4.69) is 5.32 Å². The molecule has 7 heteroatoms. The van der Waals surface area contributed by atoms with Crippen LogP contribution in [-0.4, -0.2) is 36.3 Å². The van der Waals surface area contributed by atoms with Gasteiger partial charge in [-0.15, -0.1) is 0 Å². The van der Waals surface area contributed by atoms with Crippen LogP contribution in [0.5, 0.6) is 0 Å². The van der Waals surface area contributed by atoms with Crippen LogP contribution in [0.25, 0.3) is 0 Å². The Morgan fingerprint density at radius 2 is 1.92 bits per heavy atom. The number of fused-ring (bicyclic) bond motifs is 1. The van der Waals surface area contributed by atoms with Gasteiger partial charge in [0.1, 0.15) is 6.10 Å². The van der Waals surface area contributed by atoms with Crippen LogP contribution < -0.4 is 5.32 Å². The van der Waals surface area contributed by atoms with E-state index in [1.807, 2.05) is 0 Å². The first-order valence-corrected chi connectivity index (χ1v) is 8.72. The zero-order valence-electron chi connectivity index (χ0n) is 14.3. The Morgan fingerprint density at radius 3 is 2.62 bits per heavy atom. The lowest BCUT2D eigenvalue weighted by Crippen LogP contribution is -2.34. The minimum absolute atomic E-state index is 0.0391. The Morgan fingerprint density at radius 1 is 1.19 bits per heavy atom. The van der Waals surface area contributed by atoms with Gasteiger partial charge >= 0.3 is 11.9 Å². The molecule has 7 nitrogen and oxygen atoms in total. The van der Waals surface area contributed by atoms with E-state index < -0.39 is 30.3 Å². The van der Waals surface area contributed by atoms with E-state index in [0.29, 0.717) is 17.7 Å². The maximum Gasteiger partial charge on any atom is 0.310 e. The zero-order chi connectivity index (χ0) is 18.4. The number of carbonyl (C=O) groups is 4. The normalized spacial score (nSPS) is 30.8. The number of benzene rings is 1. The molecule has 3 fully saturated rings. The average Bonchev–Trinajstić information content (AvgIpc) is 3.22. The maximum absolute atomic E-state index is 12.4. The van der Waals surface area contributed by atoms with Gasteiger partial charge in [-0.25, -0.2) is 0 Å². The second kappa shape index (κ2) is 6.23. The summed E-state index contributed by atoms with van der Waals surface area (Å²) < 4.78 is 10.5. The van der Waals surface area contributed by atoms with Crippen LogP contribution in [-0.2, 0) is 23.9 Å². The van der Waals surface area contributed by atoms with Crippen LogP contribution in [0.2, 0.25) is 0 Å². The molecule has 2 aliphatic carbocycles. The molecular weight excluding hydrogens is 338 g/mol. The first-order valence-electron chi connectivity index (χ1n) is 8.72. The van der Waals surface area contributed by atoms with Gasteiger partial charge in [-0.1, -0.05) is 0 Å². The third-order valence-corrected chi connectivity index (χ3v) is 5.68. The second-order valence-corrected chi connectivity index (χ2v) is 7.21. The Hall–Kier alpha value is -2.70. The van der Waals surface area contributed by atoms with E-state index in [1.54, 1.807) is 24.3 Å². The first kappa shape index (κ1) is 16.8. The number of amides is 1. The van der Waals surface area contributed by atoms with E-state index >= 15 is 0 Å². The lowest BCUT2D eigenvalue weighted by molar-refractivity contribution is -0.157. The first-order chi connectivity index (χ1) is 12.4. The molecule has 2 bridgehead atoms. The zero-order valence-corrected chi connectivity index (χ0v) is 14.3. The molecule has 3 aliphatic rings. The summed E-state index contributed by atoms with van der Waals surface area (Å²) in [6, 6.07) is 6.45. The standard InChI is InChI=1S/C19H19NO6/c1-9(21)10-2-4-12(5-3-10)20-15(22)8-25-18(23)16-11-6-13-14(7-11)26-19(24)17(13)16/h2-5,11,13-14,16-17H,6-8H2,1H3,(H,20,22)/t11-,13+,14-,16-,17-/m1/s1. The summed E-state index contributed by atoms with van der Waals surface area (Å²) >= 11 is 0. The largest absolute Gasteiger partial charge is 0.462 e. The molecule has 0 spiro atoms. The SMILES string of the molecule is CC(=O)c1ccc(NC(=O)COC(=O)[C@@H]2[C@@H]3C[C@@H]4[C@H]2C(=O)O[C@@H]4C3)cc1. The van der Waals surface area contributed by atoms with E-state index in [-0.39, 0.29) is 29.7 Å². The Kier molecular flexibility index (Phi) is 4.01. The summed E-state index contributed by atoms with van der Waals surface area (Å²) in [5, 5.41) is 2.61. The molecule has 2 saturated carbocycles. The molecular formula is C19H19NO6. The van der Waals surface area contributed by atoms with Crippen molar-refractivity contribution in [2.45, 2.75) is 25.9 Å². The molecule has 0 unspecified atom stereocenters. The molecule has 1 amide bonds. The second-order valence-electron chi connectivity index (χ2n) is 7.21. The van der Waals surface area contributed by atoms with Gasteiger partial charge in [-0.3, -0.25) is 19.2 Å². The number of rotatable bonds is 5. The number of hydrogen-bond donors (Lipinski definition) is 1. The predicted octanol–water partition coefficient (Wildman–Crippen LogP) is 1.57. The predicted molar refractivity (Wildman–Crippen MR) is 89.1 cm³/mol. The number of nitrogens with one attached hydrogen (secondary N) is 1. The summed E-state index contributed by atoms with van der Waals surface area (Å²) in [6.07, 6.45) is 1.49. The fraction of sp³-hybridized carbons (Fsp3) is 0.474. The molecule has 1 aromatic carbocycles. The van der Waals surface area contributed by atoms with Crippen molar-refractivity contribution in [1.82, 2.24) is 0 Å². The van der Waals surface area contributed by atoms with Crippen LogP contribution in [0.3, 0.4) is 0 Å². The number of hydrogen-bond acceptors (Lipinski definition) is 6. The van der Waals surface area contributed by atoms with Crippen molar-refractivity contribution in [3.63, 3.8) is 0 Å². The lowest BCUT2D eigenvalue weighted by Gasteiger charge is -2.22. The highest BCUT2D eigenvalue weighted by Gasteiger charge is 2.64. The van der Waals surface area contributed by atoms with Crippen LogP contribution in [0, 0.1) is 23.7 Å². The molecule has 1 heterocycles. The topological polar surface area (TPSA) is 98.8 Å². The van der Waals surface area contributed by atoms with E-state index in [0.717, 1.165) is 6.42 Å². The van der Waals surface area contributed by atoms with Crippen molar-refractivity contribution in [2.24, 2.45) is 23.7 Å². The Labute approximate surface area is 150 Å². The van der Waals surface area contributed by atoms with Crippen molar-refractivity contribution in [3.8, 4) is 0 Å². The number of ether oxygens (including phenoxy) is 2. The van der Waals surface area contributed by atoms with E-state index in [1.165, 1.54) is 6.92 Å². The highest BCUT2D eigenvalue weighted by Crippen LogP contribution is 2.57. The van der Waals surface area contributed by atoms with Crippen LogP contribution in [0.4, 0.5) is 5.69 Å². The monoisotopic (exact) mass is 357 g/mol. The molecule has 1 N–H and O–H groups in total. The van der Waals surface area contributed by atoms with Crippen molar-refractivity contribution in [1.29, 1.82) is 0 Å². The summed E-state index contributed by atoms with van der Waals surface area (Å²) in [5.74, 6) is -2.00. The number of ketones is 1. The van der Waals surface area contributed by atoms with Crippen LogP contribution >= 0.6 is 0 Å². The molecule has 1 saturated heterocycles. The van der Waals surface area contributed by atoms with Gasteiger partial charge in [0, 0.05) is 17.2 Å². The van der Waals surface area contributed by atoms with Crippen molar-refractivity contribution in [3.05, 3.63) is 29.8 Å². The van der Waals surface area contributed by atoms with Gasteiger partial charge in [-0.05, 0) is 49.9 Å². The van der Waals surface area contributed by atoms with Gasteiger partial charge in [0.15, 0.2) is 12.4 Å². The molecule has 4 rings (SSSR count). The van der Waals surface area contributed by atoms with Gasteiger partial charge in [0.25, 0.3) is 5.91 Å². The summed E-state index contributed by atoms with van der Waals surface area (Å²) in [5.41, 5.74) is 1.06.